The summed E-state index contributed by atoms with van der Waals surface area (Å²) in [5.41, 5.74) is 6.25. The van der Waals surface area contributed by atoms with E-state index in [0.29, 0.717) is 16.5 Å². The molecule has 122 valence electrons. The fourth-order valence-corrected chi connectivity index (χ4v) is 2.63. The Kier molecular flexibility index (Phi) is 4.58. The molecule has 1 aliphatic rings. The van der Waals surface area contributed by atoms with Gasteiger partial charge in [0.2, 0.25) is 5.95 Å². The van der Waals surface area contributed by atoms with E-state index in [0.717, 1.165) is 38.4 Å². The van der Waals surface area contributed by atoms with Crippen LogP contribution >= 0.6 is 11.6 Å². The molecule has 0 unspecified atom stereocenters. The van der Waals surface area contributed by atoms with Crippen LogP contribution in [0.25, 0.3) is 11.5 Å². The average molecular weight is 335 g/mol. The predicted octanol–water partition coefficient (Wildman–Crippen LogP) is 2.40. The molecular formula is C15H19ClN6O. The second-order valence-corrected chi connectivity index (χ2v) is 6.37. The van der Waals surface area contributed by atoms with Crippen molar-refractivity contribution in [3.63, 3.8) is 0 Å². The normalized spacial score (nSPS) is 17.0. The quantitative estimate of drug-likeness (QED) is 0.885. The summed E-state index contributed by atoms with van der Waals surface area (Å²) in [5, 5.41) is 3.74. The van der Waals surface area contributed by atoms with Gasteiger partial charge in [-0.1, -0.05) is 18.5 Å². The maximum atomic E-state index is 6.11. The molecule has 0 bridgehead atoms. The SMILES string of the molecule is CC1(CNc2ccnc(-c3nc(N)ncc3Cl)n2)CCOCC1. The molecule has 23 heavy (non-hydrogen) atoms. The van der Waals surface area contributed by atoms with Crippen molar-refractivity contribution in [1.29, 1.82) is 0 Å². The highest BCUT2D eigenvalue weighted by molar-refractivity contribution is 6.32. The summed E-state index contributed by atoms with van der Waals surface area (Å²) in [6.45, 7) is 4.70. The van der Waals surface area contributed by atoms with Crippen LogP contribution in [0.5, 0.6) is 0 Å². The van der Waals surface area contributed by atoms with Crippen molar-refractivity contribution in [1.82, 2.24) is 19.9 Å². The Labute approximate surface area is 139 Å². The molecule has 0 saturated carbocycles. The minimum Gasteiger partial charge on any atom is -0.381 e. The third kappa shape index (κ3) is 3.86. The molecule has 3 rings (SSSR count). The number of rotatable bonds is 4. The van der Waals surface area contributed by atoms with Gasteiger partial charge in [-0.05, 0) is 24.3 Å². The van der Waals surface area contributed by atoms with E-state index >= 15 is 0 Å². The zero-order chi connectivity index (χ0) is 16.3. The first-order valence-electron chi connectivity index (χ1n) is 7.49. The molecule has 7 nitrogen and oxygen atoms in total. The first-order chi connectivity index (χ1) is 11.1. The molecule has 0 atom stereocenters. The fraction of sp³-hybridized carbons (Fsp3) is 0.467. The summed E-state index contributed by atoms with van der Waals surface area (Å²) in [7, 11) is 0. The van der Waals surface area contributed by atoms with Crippen molar-refractivity contribution in [2.75, 3.05) is 30.8 Å². The van der Waals surface area contributed by atoms with Crippen molar-refractivity contribution in [3.8, 4) is 11.5 Å². The van der Waals surface area contributed by atoms with Gasteiger partial charge in [0.1, 0.15) is 11.5 Å². The van der Waals surface area contributed by atoms with E-state index in [1.807, 2.05) is 6.07 Å². The molecule has 0 aromatic carbocycles. The monoisotopic (exact) mass is 334 g/mol. The van der Waals surface area contributed by atoms with Crippen LogP contribution in [0.3, 0.4) is 0 Å². The molecule has 2 aromatic rings. The van der Waals surface area contributed by atoms with Crippen molar-refractivity contribution in [2.45, 2.75) is 19.8 Å². The zero-order valence-corrected chi connectivity index (χ0v) is 13.7. The minimum atomic E-state index is 0.140. The molecule has 0 spiro atoms. The Balaban J connectivity index is 1.76. The smallest absolute Gasteiger partial charge is 0.220 e. The number of nitrogen functional groups attached to an aromatic ring is 1. The van der Waals surface area contributed by atoms with E-state index < -0.39 is 0 Å². The lowest BCUT2D eigenvalue weighted by Gasteiger charge is -2.33. The Morgan fingerprint density at radius 2 is 2.09 bits per heavy atom. The van der Waals surface area contributed by atoms with Crippen LogP contribution in [-0.4, -0.2) is 39.7 Å². The largest absolute Gasteiger partial charge is 0.381 e. The summed E-state index contributed by atoms with van der Waals surface area (Å²) in [4.78, 5) is 16.7. The topological polar surface area (TPSA) is 98.8 Å². The lowest BCUT2D eigenvalue weighted by Crippen LogP contribution is -2.33. The van der Waals surface area contributed by atoms with Crippen LogP contribution in [-0.2, 0) is 4.74 Å². The number of nitrogens with one attached hydrogen (secondary N) is 1. The summed E-state index contributed by atoms with van der Waals surface area (Å²) < 4.78 is 5.42. The molecule has 0 radical (unpaired) electrons. The molecular weight excluding hydrogens is 316 g/mol. The maximum absolute atomic E-state index is 6.11. The molecule has 8 heteroatoms. The van der Waals surface area contributed by atoms with Gasteiger partial charge in [0.05, 0.1) is 11.2 Å². The standard InChI is InChI=1S/C15H19ClN6O/c1-15(3-6-23-7-4-15)9-20-11-2-5-18-13(21-11)12-10(16)8-19-14(17)22-12/h2,5,8H,3-4,6-7,9H2,1H3,(H2,17,19,22)(H,18,20,21). The first kappa shape index (κ1) is 15.9. The van der Waals surface area contributed by atoms with Crippen LogP contribution in [0.15, 0.2) is 18.5 Å². The van der Waals surface area contributed by atoms with E-state index in [2.05, 4.69) is 32.2 Å². The summed E-state index contributed by atoms with van der Waals surface area (Å²) in [6, 6.07) is 1.82. The Morgan fingerprint density at radius 1 is 1.30 bits per heavy atom. The molecule has 3 heterocycles. The van der Waals surface area contributed by atoms with Crippen molar-refractivity contribution in [2.24, 2.45) is 5.41 Å². The number of nitrogens with two attached hydrogens (primary N) is 1. The van der Waals surface area contributed by atoms with E-state index in [4.69, 9.17) is 22.1 Å². The first-order valence-corrected chi connectivity index (χ1v) is 7.87. The van der Waals surface area contributed by atoms with E-state index in [1.54, 1.807) is 6.20 Å². The number of aromatic nitrogens is 4. The highest BCUT2D eigenvalue weighted by atomic mass is 35.5. The number of hydrogen-bond acceptors (Lipinski definition) is 7. The second kappa shape index (κ2) is 6.64. The van der Waals surface area contributed by atoms with Crippen LogP contribution < -0.4 is 11.1 Å². The number of ether oxygens (including phenoxy) is 1. The number of anilines is 2. The second-order valence-electron chi connectivity index (χ2n) is 5.97. The summed E-state index contributed by atoms with van der Waals surface area (Å²) in [5.74, 6) is 1.29. The molecule has 1 saturated heterocycles. The van der Waals surface area contributed by atoms with Crippen molar-refractivity contribution >= 4 is 23.4 Å². The summed E-state index contributed by atoms with van der Waals surface area (Å²) in [6.07, 6.45) is 5.19. The molecule has 1 fully saturated rings. The zero-order valence-electron chi connectivity index (χ0n) is 12.9. The van der Waals surface area contributed by atoms with Crippen LogP contribution in [0.2, 0.25) is 5.02 Å². The minimum absolute atomic E-state index is 0.140. The predicted molar refractivity (Wildman–Crippen MR) is 89.1 cm³/mol. The van der Waals surface area contributed by atoms with Gasteiger partial charge in [-0.25, -0.2) is 19.9 Å². The Morgan fingerprint density at radius 3 is 2.87 bits per heavy atom. The lowest BCUT2D eigenvalue weighted by atomic mass is 9.82. The highest BCUT2D eigenvalue weighted by Crippen LogP contribution is 2.30. The van der Waals surface area contributed by atoms with Gasteiger partial charge in [-0.2, -0.15) is 0 Å². The molecule has 3 N–H and O–H groups in total. The van der Waals surface area contributed by atoms with Gasteiger partial charge < -0.3 is 15.8 Å². The van der Waals surface area contributed by atoms with Gasteiger partial charge in [0.15, 0.2) is 5.82 Å². The Hall–Kier alpha value is -1.99. The summed E-state index contributed by atoms with van der Waals surface area (Å²) >= 11 is 6.11. The van der Waals surface area contributed by atoms with Crippen LogP contribution in [0.4, 0.5) is 11.8 Å². The number of halogens is 1. The maximum Gasteiger partial charge on any atom is 0.220 e. The van der Waals surface area contributed by atoms with Crippen LogP contribution in [0, 0.1) is 5.41 Å². The third-order valence-electron chi connectivity index (χ3n) is 4.03. The van der Waals surface area contributed by atoms with Gasteiger partial charge >= 0.3 is 0 Å². The van der Waals surface area contributed by atoms with Crippen molar-refractivity contribution in [3.05, 3.63) is 23.5 Å². The lowest BCUT2D eigenvalue weighted by molar-refractivity contribution is 0.0300. The molecule has 2 aromatic heterocycles. The number of nitrogens with zero attached hydrogens (tertiary/aromatic N) is 4. The van der Waals surface area contributed by atoms with E-state index in [9.17, 15) is 0 Å². The highest BCUT2D eigenvalue weighted by Gasteiger charge is 2.27. The molecule has 0 amide bonds. The van der Waals surface area contributed by atoms with Gasteiger partial charge in [-0.3, -0.25) is 0 Å². The van der Waals surface area contributed by atoms with Crippen molar-refractivity contribution < 1.29 is 4.74 Å². The van der Waals surface area contributed by atoms with E-state index in [-0.39, 0.29) is 11.4 Å². The van der Waals surface area contributed by atoms with Gasteiger partial charge in [0, 0.05) is 26.0 Å². The average Bonchev–Trinajstić information content (AvgIpc) is 2.56. The van der Waals surface area contributed by atoms with Crippen LogP contribution in [0.1, 0.15) is 19.8 Å². The molecule has 1 aliphatic heterocycles. The van der Waals surface area contributed by atoms with Gasteiger partial charge in [0.25, 0.3) is 0 Å². The fourth-order valence-electron chi connectivity index (χ4n) is 2.45. The number of hydrogen-bond donors (Lipinski definition) is 2. The molecule has 0 aliphatic carbocycles. The Bertz CT molecular complexity index is 689. The van der Waals surface area contributed by atoms with E-state index in [1.165, 1.54) is 6.20 Å². The third-order valence-corrected chi connectivity index (χ3v) is 4.30. The van der Waals surface area contributed by atoms with Gasteiger partial charge in [-0.15, -0.1) is 0 Å².